The van der Waals surface area contributed by atoms with E-state index in [9.17, 15) is 9.59 Å². The van der Waals surface area contributed by atoms with Crippen LogP contribution in [0.5, 0.6) is 0 Å². The molecule has 0 aliphatic carbocycles. The van der Waals surface area contributed by atoms with Gasteiger partial charge in [0.1, 0.15) is 13.2 Å². The summed E-state index contributed by atoms with van der Waals surface area (Å²) < 4.78 is 14.7. The first kappa shape index (κ1) is 16.2. The lowest BCUT2D eigenvalue weighted by atomic mass is 10.2. The maximum atomic E-state index is 11.1. The molecule has 0 aromatic heterocycles. The van der Waals surface area contributed by atoms with Gasteiger partial charge in [-0.25, -0.2) is 0 Å². The van der Waals surface area contributed by atoms with Crippen molar-refractivity contribution in [3.8, 4) is 0 Å². The van der Waals surface area contributed by atoms with Crippen LogP contribution in [-0.4, -0.2) is 52.2 Å². The fourth-order valence-electron chi connectivity index (χ4n) is 1.31. The number of hydrogen-bond donors (Lipinski definition) is 0. The standard InChI is InChI=1S/C12H22O5/c1-15-9-11(13)5-3-7-17-8-4-6-12(14)10-16-2/h3-10H2,1-2H3. The van der Waals surface area contributed by atoms with Gasteiger partial charge in [0, 0.05) is 40.3 Å². The lowest BCUT2D eigenvalue weighted by Crippen LogP contribution is -2.09. The summed E-state index contributed by atoms with van der Waals surface area (Å²) in [5.74, 6) is 0.178. The molecule has 0 radical (unpaired) electrons. The highest BCUT2D eigenvalue weighted by Crippen LogP contribution is 1.96. The van der Waals surface area contributed by atoms with Gasteiger partial charge in [0.05, 0.1) is 0 Å². The number of rotatable bonds is 12. The third-order valence-electron chi connectivity index (χ3n) is 2.10. The van der Waals surface area contributed by atoms with Crippen molar-refractivity contribution in [2.45, 2.75) is 25.7 Å². The summed E-state index contributed by atoms with van der Waals surface area (Å²) in [6.45, 7) is 1.44. The summed E-state index contributed by atoms with van der Waals surface area (Å²) in [5.41, 5.74) is 0. The molecule has 0 heterocycles. The van der Waals surface area contributed by atoms with Crippen molar-refractivity contribution in [3.05, 3.63) is 0 Å². The summed E-state index contributed by atoms with van der Waals surface area (Å²) in [7, 11) is 3.01. The first-order chi connectivity index (χ1) is 8.20. The molecule has 0 bridgehead atoms. The van der Waals surface area contributed by atoms with Gasteiger partial charge in [0.15, 0.2) is 11.6 Å². The molecule has 0 aliphatic rings. The predicted molar refractivity (Wildman–Crippen MR) is 63.1 cm³/mol. The Balaban J connectivity index is 3.18. The van der Waals surface area contributed by atoms with Gasteiger partial charge in [-0.05, 0) is 12.8 Å². The Hall–Kier alpha value is -0.780. The molecule has 0 atom stereocenters. The zero-order chi connectivity index (χ0) is 12.9. The fourth-order valence-corrected chi connectivity index (χ4v) is 1.31. The normalized spacial score (nSPS) is 10.5. The van der Waals surface area contributed by atoms with E-state index in [4.69, 9.17) is 14.2 Å². The van der Waals surface area contributed by atoms with Gasteiger partial charge in [-0.1, -0.05) is 0 Å². The molecule has 0 aromatic rings. The lowest BCUT2D eigenvalue weighted by molar-refractivity contribution is -0.123. The highest BCUT2D eigenvalue weighted by atomic mass is 16.5. The van der Waals surface area contributed by atoms with Crippen molar-refractivity contribution in [3.63, 3.8) is 0 Å². The zero-order valence-electron chi connectivity index (χ0n) is 10.7. The number of ether oxygens (including phenoxy) is 3. The summed E-state index contributed by atoms with van der Waals surface area (Å²) in [6, 6.07) is 0. The number of carbonyl (C=O) groups excluding carboxylic acids is 2. The van der Waals surface area contributed by atoms with Gasteiger partial charge in [-0.2, -0.15) is 0 Å². The Morgan fingerprint density at radius 2 is 1.24 bits per heavy atom. The summed E-state index contributed by atoms with van der Waals surface area (Å²) in [5, 5.41) is 0. The molecule has 0 spiro atoms. The SMILES string of the molecule is COCC(=O)CCCOCCCC(=O)COC. The molecule has 5 nitrogen and oxygen atoms in total. The maximum absolute atomic E-state index is 11.1. The van der Waals surface area contributed by atoms with Crippen molar-refractivity contribution in [2.75, 3.05) is 40.6 Å². The van der Waals surface area contributed by atoms with Crippen molar-refractivity contribution < 1.29 is 23.8 Å². The monoisotopic (exact) mass is 246 g/mol. The first-order valence-electron chi connectivity index (χ1n) is 5.79. The number of hydrogen-bond acceptors (Lipinski definition) is 5. The molecular formula is C12H22O5. The highest BCUT2D eigenvalue weighted by molar-refractivity contribution is 5.79. The third-order valence-corrected chi connectivity index (χ3v) is 2.10. The smallest absolute Gasteiger partial charge is 0.158 e. The molecule has 100 valence electrons. The van der Waals surface area contributed by atoms with Crippen LogP contribution < -0.4 is 0 Å². The van der Waals surface area contributed by atoms with Crippen LogP contribution in [0.1, 0.15) is 25.7 Å². The summed E-state index contributed by atoms with van der Waals surface area (Å²) in [6.07, 6.45) is 2.37. The van der Waals surface area contributed by atoms with Crippen molar-refractivity contribution in [1.82, 2.24) is 0 Å². The lowest BCUT2D eigenvalue weighted by Gasteiger charge is -2.03. The second-order valence-corrected chi connectivity index (χ2v) is 3.76. The van der Waals surface area contributed by atoms with Crippen LogP contribution in [0.4, 0.5) is 0 Å². The average Bonchev–Trinajstić information content (AvgIpc) is 2.28. The molecule has 0 saturated carbocycles. The van der Waals surface area contributed by atoms with Gasteiger partial charge >= 0.3 is 0 Å². The fraction of sp³-hybridized carbons (Fsp3) is 0.833. The van der Waals surface area contributed by atoms with Crippen LogP contribution in [0.2, 0.25) is 0 Å². The van der Waals surface area contributed by atoms with E-state index in [2.05, 4.69) is 0 Å². The van der Waals surface area contributed by atoms with Crippen LogP contribution in [0.3, 0.4) is 0 Å². The molecule has 17 heavy (non-hydrogen) atoms. The highest BCUT2D eigenvalue weighted by Gasteiger charge is 2.02. The van der Waals surface area contributed by atoms with Gasteiger partial charge in [0.2, 0.25) is 0 Å². The van der Waals surface area contributed by atoms with E-state index in [1.807, 2.05) is 0 Å². The van der Waals surface area contributed by atoms with Gasteiger partial charge in [0.25, 0.3) is 0 Å². The van der Waals surface area contributed by atoms with Crippen molar-refractivity contribution >= 4 is 11.6 Å². The molecule has 0 aromatic carbocycles. The Labute approximate surface area is 102 Å². The number of carbonyl (C=O) groups is 2. The number of Topliss-reactive ketones (excluding diaryl/α,β-unsaturated/α-hetero) is 2. The quantitative estimate of drug-likeness (QED) is 0.481. The third kappa shape index (κ3) is 11.5. The van der Waals surface area contributed by atoms with Crippen LogP contribution >= 0.6 is 0 Å². The Kier molecular flexibility index (Phi) is 11.2. The van der Waals surface area contributed by atoms with Crippen LogP contribution in [0.15, 0.2) is 0 Å². The van der Waals surface area contributed by atoms with Crippen LogP contribution in [0, 0.1) is 0 Å². The first-order valence-corrected chi connectivity index (χ1v) is 5.79. The minimum Gasteiger partial charge on any atom is -0.381 e. The zero-order valence-corrected chi connectivity index (χ0v) is 10.7. The predicted octanol–water partition coefficient (Wildman–Crippen LogP) is 0.994. The van der Waals surface area contributed by atoms with E-state index in [0.29, 0.717) is 38.9 Å². The average molecular weight is 246 g/mol. The minimum absolute atomic E-state index is 0.0892. The number of methoxy groups -OCH3 is 2. The van der Waals surface area contributed by atoms with Gasteiger partial charge in [-0.3, -0.25) is 9.59 Å². The van der Waals surface area contributed by atoms with Crippen LogP contribution in [-0.2, 0) is 23.8 Å². The largest absolute Gasteiger partial charge is 0.381 e. The molecule has 0 amide bonds. The maximum Gasteiger partial charge on any atom is 0.158 e. The Morgan fingerprint density at radius 1 is 0.824 bits per heavy atom. The van der Waals surface area contributed by atoms with E-state index in [0.717, 1.165) is 0 Å². The second-order valence-electron chi connectivity index (χ2n) is 3.76. The molecule has 0 unspecified atom stereocenters. The van der Waals surface area contributed by atoms with E-state index in [1.54, 1.807) is 0 Å². The molecule has 0 saturated heterocycles. The molecule has 0 fully saturated rings. The van der Waals surface area contributed by atoms with Crippen molar-refractivity contribution in [2.24, 2.45) is 0 Å². The molecule has 0 rings (SSSR count). The Bertz CT molecular complexity index is 193. The van der Waals surface area contributed by atoms with Crippen molar-refractivity contribution in [1.29, 1.82) is 0 Å². The van der Waals surface area contributed by atoms with Gasteiger partial charge in [-0.15, -0.1) is 0 Å². The molecular weight excluding hydrogens is 224 g/mol. The van der Waals surface area contributed by atoms with E-state index < -0.39 is 0 Å². The summed E-state index contributed by atoms with van der Waals surface area (Å²) in [4.78, 5) is 22.1. The number of ketones is 2. The molecule has 0 aliphatic heterocycles. The van der Waals surface area contributed by atoms with Crippen LogP contribution in [0.25, 0.3) is 0 Å². The molecule has 0 N–H and O–H groups in total. The Morgan fingerprint density at radius 3 is 1.59 bits per heavy atom. The van der Waals surface area contributed by atoms with Gasteiger partial charge < -0.3 is 14.2 Å². The van der Waals surface area contributed by atoms with E-state index in [-0.39, 0.29) is 24.8 Å². The summed E-state index contributed by atoms with van der Waals surface area (Å²) >= 11 is 0. The topological polar surface area (TPSA) is 61.8 Å². The van der Waals surface area contributed by atoms with E-state index >= 15 is 0 Å². The minimum atomic E-state index is 0.0892. The second kappa shape index (κ2) is 11.7. The molecule has 5 heteroatoms. The van der Waals surface area contributed by atoms with E-state index in [1.165, 1.54) is 14.2 Å².